The minimum absolute atomic E-state index is 0.130. The van der Waals surface area contributed by atoms with Crippen molar-refractivity contribution in [2.45, 2.75) is 44.9 Å². The highest BCUT2D eigenvalue weighted by atomic mass is 16.5. The van der Waals surface area contributed by atoms with Crippen LogP contribution in [0.2, 0.25) is 0 Å². The summed E-state index contributed by atoms with van der Waals surface area (Å²) in [5.41, 5.74) is 0.616. The number of carbonyl (C=O) groups is 2. The van der Waals surface area contributed by atoms with Crippen molar-refractivity contribution in [1.82, 2.24) is 10.3 Å². The lowest BCUT2D eigenvalue weighted by molar-refractivity contribution is -0.116. The number of aromatic nitrogens is 1. The van der Waals surface area contributed by atoms with Crippen molar-refractivity contribution < 1.29 is 14.3 Å². The van der Waals surface area contributed by atoms with Gasteiger partial charge in [-0.1, -0.05) is 37.5 Å². The highest BCUT2D eigenvalue weighted by Crippen LogP contribution is 2.27. The molecule has 2 N–H and O–H groups in total. The Hall–Kier alpha value is -2.89. The van der Waals surface area contributed by atoms with Gasteiger partial charge in [-0.05, 0) is 49.4 Å². The van der Waals surface area contributed by atoms with Gasteiger partial charge >= 0.3 is 0 Å². The summed E-state index contributed by atoms with van der Waals surface area (Å²) >= 11 is 0. The molecule has 154 valence electrons. The van der Waals surface area contributed by atoms with E-state index < -0.39 is 0 Å². The second-order valence-corrected chi connectivity index (χ2v) is 7.44. The van der Waals surface area contributed by atoms with E-state index in [1.165, 1.54) is 32.1 Å². The normalized spacial score (nSPS) is 14.2. The van der Waals surface area contributed by atoms with Gasteiger partial charge in [0.1, 0.15) is 0 Å². The zero-order chi connectivity index (χ0) is 20.3. The van der Waals surface area contributed by atoms with Crippen LogP contribution in [0.3, 0.4) is 0 Å². The van der Waals surface area contributed by atoms with Gasteiger partial charge in [0.25, 0.3) is 5.91 Å². The van der Waals surface area contributed by atoms with Crippen LogP contribution in [-0.4, -0.2) is 29.9 Å². The number of pyridine rings is 1. The van der Waals surface area contributed by atoms with E-state index in [9.17, 15) is 9.59 Å². The van der Waals surface area contributed by atoms with E-state index in [1.807, 2.05) is 30.3 Å². The van der Waals surface area contributed by atoms with Crippen LogP contribution < -0.4 is 15.4 Å². The number of hydrogen-bond donors (Lipinski definition) is 2. The lowest BCUT2D eigenvalue weighted by Crippen LogP contribution is -2.25. The molecule has 1 saturated carbocycles. The summed E-state index contributed by atoms with van der Waals surface area (Å²) in [4.78, 5) is 28.5. The third-order valence-corrected chi connectivity index (χ3v) is 5.13. The fraction of sp³-hybridized carbons (Fsp3) is 0.435. The van der Waals surface area contributed by atoms with Crippen molar-refractivity contribution in [3.05, 3.63) is 54.2 Å². The molecule has 0 atom stereocenters. The highest BCUT2D eigenvalue weighted by molar-refractivity contribution is 5.94. The van der Waals surface area contributed by atoms with Gasteiger partial charge in [0.05, 0.1) is 6.61 Å². The second kappa shape index (κ2) is 11.2. The topological polar surface area (TPSA) is 80.3 Å². The molecule has 1 aromatic heterocycles. The van der Waals surface area contributed by atoms with Crippen molar-refractivity contribution in [2.24, 2.45) is 5.92 Å². The van der Waals surface area contributed by atoms with Gasteiger partial charge < -0.3 is 15.4 Å². The quantitative estimate of drug-likeness (QED) is 0.624. The van der Waals surface area contributed by atoms with E-state index in [1.54, 1.807) is 18.3 Å². The maximum atomic E-state index is 12.3. The van der Waals surface area contributed by atoms with E-state index in [2.05, 4.69) is 15.6 Å². The Morgan fingerprint density at radius 2 is 1.83 bits per heavy atom. The Labute approximate surface area is 172 Å². The average Bonchev–Trinajstić information content (AvgIpc) is 2.77. The van der Waals surface area contributed by atoms with Gasteiger partial charge in [0.2, 0.25) is 5.91 Å². The van der Waals surface area contributed by atoms with Crippen molar-refractivity contribution in [2.75, 3.05) is 18.5 Å². The number of anilines is 1. The molecule has 0 unspecified atom stereocenters. The van der Waals surface area contributed by atoms with Crippen molar-refractivity contribution >= 4 is 17.6 Å². The number of nitrogens with zero attached hydrogens (tertiary/aromatic N) is 1. The average molecular weight is 396 g/mol. The highest BCUT2D eigenvalue weighted by Gasteiger charge is 2.16. The van der Waals surface area contributed by atoms with Crippen LogP contribution in [0.5, 0.6) is 5.75 Å². The Bertz CT molecular complexity index is 789. The van der Waals surface area contributed by atoms with Crippen molar-refractivity contribution in [3.8, 4) is 5.75 Å². The Balaban J connectivity index is 1.40. The Morgan fingerprint density at radius 3 is 2.62 bits per heavy atom. The molecule has 0 aliphatic heterocycles. The first-order valence-corrected chi connectivity index (χ1v) is 10.4. The third kappa shape index (κ3) is 6.89. The molecule has 0 radical (unpaired) electrons. The summed E-state index contributed by atoms with van der Waals surface area (Å²) < 4.78 is 5.95. The van der Waals surface area contributed by atoms with Gasteiger partial charge in [-0.25, -0.2) is 4.98 Å². The summed E-state index contributed by atoms with van der Waals surface area (Å²) in [5, 5.41) is 5.66. The zero-order valence-electron chi connectivity index (χ0n) is 16.7. The minimum Gasteiger partial charge on any atom is -0.489 e. The summed E-state index contributed by atoms with van der Waals surface area (Å²) in [7, 11) is 0. The molecule has 0 spiro atoms. The minimum atomic E-state index is -0.139. The molecule has 1 aromatic carbocycles. The SMILES string of the molecule is O=C(CCCNC(=O)c1ccccc1)Nc1ncccc1OCC1CCCCC1. The number of nitrogens with one attached hydrogen (secondary N) is 2. The summed E-state index contributed by atoms with van der Waals surface area (Å²) in [6.07, 6.45) is 8.76. The standard InChI is InChI=1S/C23H29N3O3/c27-21(14-8-16-25-23(28)19-11-5-2-6-12-19)26-22-20(13-7-15-24-22)29-17-18-9-3-1-4-10-18/h2,5-7,11-13,15,18H,1,3-4,8-10,14,16-17H2,(H,25,28)(H,24,26,27). The first-order chi connectivity index (χ1) is 14.2. The molecule has 1 fully saturated rings. The number of amides is 2. The second-order valence-electron chi connectivity index (χ2n) is 7.44. The van der Waals surface area contributed by atoms with Gasteiger partial charge in [0, 0.05) is 24.7 Å². The monoisotopic (exact) mass is 395 g/mol. The molecule has 3 rings (SSSR count). The Kier molecular flexibility index (Phi) is 8.04. The molecule has 6 nitrogen and oxygen atoms in total. The first-order valence-electron chi connectivity index (χ1n) is 10.4. The van der Waals surface area contributed by atoms with Gasteiger partial charge in [-0.2, -0.15) is 0 Å². The fourth-order valence-corrected chi connectivity index (χ4v) is 3.50. The van der Waals surface area contributed by atoms with Crippen LogP contribution in [0.15, 0.2) is 48.7 Å². The number of rotatable bonds is 9. The van der Waals surface area contributed by atoms with Gasteiger partial charge in [0.15, 0.2) is 11.6 Å². The lowest BCUT2D eigenvalue weighted by Gasteiger charge is -2.22. The van der Waals surface area contributed by atoms with Crippen LogP contribution >= 0.6 is 0 Å². The molecule has 2 aromatic rings. The van der Waals surface area contributed by atoms with Crippen LogP contribution in [0.1, 0.15) is 55.3 Å². The predicted octanol–water partition coefficient (Wildman–Crippen LogP) is 4.19. The van der Waals surface area contributed by atoms with E-state index in [0.717, 1.165) is 0 Å². The third-order valence-electron chi connectivity index (χ3n) is 5.13. The van der Waals surface area contributed by atoms with Gasteiger partial charge in [-0.15, -0.1) is 0 Å². The molecule has 1 aliphatic carbocycles. The number of benzene rings is 1. The largest absolute Gasteiger partial charge is 0.489 e. The zero-order valence-corrected chi connectivity index (χ0v) is 16.7. The molecule has 29 heavy (non-hydrogen) atoms. The molecule has 1 aliphatic rings. The predicted molar refractivity (Wildman–Crippen MR) is 113 cm³/mol. The summed E-state index contributed by atoms with van der Waals surface area (Å²) in [5.74, 6) is 1.39. The summed E-state index contributed by atoms with van der Waals surface area (Å²) in [6.45, 7) is 1.11. The van der Waals surface area contributed by atoms with Crippen LogP contribution in [0, 0.1) is 5.92 Å². The van der Waals surface area contributed by atoms with E-state index in [-0.39, 0.29) is 11.8 Å². The van der Waals surface area contributed by atoms with Crippen LogP contribution in [0.25, 0.3) is 0 Å². The first kappa shape index (κ1) is 20.8. The smallest absolute Gasteiger partial charge is 0.251 e. The van der Waals surface area contributed by atoms with E-state index in [4.69, 9.17) is 4.74 Å². The molecule has 2 amide bonds. The maximum absolute atomic E-state index is 12.3. The van der Waals surface area contributed by atoms with Crippen molar-refractivity contribution in [3.63, 3.8) is 0 Å². The van der Waals surface area contributed by atoms with Gasteiger partial charge in [-0.3, -0.25) is 9.59 Å². The van der Waals surface area contributed by atoms with E-state index in [0.29, 0.717) is 49.0 Å². The lowest BCUT2D eigenvalue weighted by atomic mass is 9.90. The molecular weight excluding hydrogens is 366 g/mol. The Morgan fingerprint density at radius 1 is 1.03 bits per heavy atom. The molecule has 1 heterocycles. The molecule has 0 saturated heterocycles. The fourth-order valence-electron chi connectivity index (χ4n) is 3.50. The van der Waals surface area contributed by atoms with Crippen LogP contribution in [0.4, 0.5) is 5.82 Å². The number of carbonyl (C=O) groups excluding carboxylic acids is 2. The number of ether oxygens (including phenoxy) is 1. The van der Waals surface area contributed by atoms with E-state index >= 15 is 0 Å². The molecule has 6 heteroatoms. The summed E-state index contributed by atoms with van der Waals surface area (Å²) in [6, 6.07) is 12.7. The van der Waals surface area contributed by atoms with Crippen LogP contribution in [-0.2, 0) is 4.79 Å². The molecule has 0 bridgehead atoms. The van der Waals surface area contributed by atoms with Crippen molar-refractivity contribution in [1.29, 1.82) is 0 Å². The number of hydrogen-bond acceptors (Lipinski definition) is 4. The molecular formula is C23H29N3O3. The maximum Gasteiger partial charge on any atom is 0.251 e.